The van der Waals surface area contributed by atoms with Crippen LogP contribution in [0.5, 0.6) is 0 Å². The lowest BCUT2D eigenvalue weighted by Crippen LogP contribution is -2.39. The van der Waals surface area contributed by atoms with Gasteiger partial charge in [-0.2, -0.15) is 0 Å². The second-order valence-corrected chi connectivity index (χ2v) is 8.76. The molecular formula is C25H22ClF2N2O4+. The number of hydrogen-bond donors (Lipinski definition) is 3. The number of hydrogen-bond acceptors (Lipinski definition) is 3. The number of amides is 1. The maximum Gasteiger partial charge on any atom is 0.335 e. The number of alkyl halides is 2. The molecule has 1 amide bonds. The number of carboxylic acid groups (broad SMARTS) is 1. The number of aromatic carboxylic acids is 1. The Bertz CT molecular complexity index is 1230. The number of nitrogens with one attached hydrogen (secondary N) is 1. The summed E-state index contributed by atoms with van der Waals surface area (Å²) in [6.45, 7) is 0. The smallest absolute Gasteiger partial charge is 0.335 e. The molecule has 3 aromatic rings. The number of benzene rings is 2. The van der Waals surface area contributed by atoms with Gasteiger partial charge in [-0.05, 0) is 60.4 Å². The molecule has 176 valence electrons. The molecule has 4 rings (SSSR count). The first-order valence-corrected chi connectivity index (χ1v) is 11.1. The van der Waals surface area contributed by atoms with Gasteiger partial charge in [-0.25, -0.2) is 13.6 Å². The predicted octanol–water partition coefficient (Wildman–Crippen LogP) is 5.69. The number of pyridine rings is 1. The third-order valence-corrected chi connectivity index (χ3v) is 6.09. The normalized spacial score (nSPS) is 14.1. The fourth-order valence-electron chi connectivity index (χ4n) is 3.88. The summed E-state index contributed by atoms with van der Waals surface area (Å²) < 4.78 is 27.8. The van der Waals surface area contributed by atoms with Gasteiger partial charge in [-0.1, -0.05) is 30.5 Å². The fourth-order valence-corrected chi connectivity index (χ4v) is 4.05. The van der Waals surface area contributed by atoms with Gasteiger partial charge in [0.1, 0.15) is 5.92 Å². The summed E-state index contributed by atoms with van der Waals surface area (Å²) >= 11 is 6.00. The van der Waals surface area contributed by atoms with Gasteiger partial charge in [0.05, 0.1) is 11.1 Å². The highest BCUT2D eigenvalue weighted by atomic mass is 35.5. The standard InChI is InChI=1S/C25H21ClF2N2O4/c26-17-6-9-19(23(27)28)20(12-17)16-5-10-22(30(34)13-16)21(11-14-1-2-14)24(31)29-18-7-3-15(4-8-18)25(32)33/h3-10,12-14,21,23H,1-2,11H2,(H2-,29,31,32,33,34)/p+1. The van der Waals surface area contributed by atoms with Gasteiger partial charge in [0, 0.05) is 27.1 Å². The van der Waals surface area contributed by atoms with Crippen LogP contribution in [0.1, 0.15) is 53.2 Å². The van der Waals surface area contributed by atoms with E-state index >= 15 is 0 Å². The number of anilines is 1. The summed E-state index contributed by atoms with van der Waals surface area (Å²) in [7, 11) is 0. The molecule has 1 fully saturated rings. The van der Waals surface area contributed by atoms with E-state index in [-0.39, 0.29) is 27.6 Å². The van der Waals surface area contributed by atoms with Crippen LogP contribution in [-0.4, -0.2) is 22.2 Å². The number of carbonyl (C=O) groups is 2. The summed E-state index contributed by atoms with van der Waals surface area (Å²) in [5, 5.41) is 22.8. The molecule has 1 saturated carbocycles. The van der Waals surface area contributed by atoms with E-state index in [2.05, 4.69) is 5.32 Å². The Kier molecular flexibility index (Phi) is 6.79. The van der Waals surface area contributed by atoms with Crippen molar-refractivity contribution in [1.82, 2.24) is 0 Å². The predicted molar refractivity (Wildman–Crippen MR) is 121 cm³/mol. The Morgan fingerprint density at radius 2 is 1.79 bits per heavy atom. The molecule has 1 aliphatic rings. The zero-order valence-corrected chi connectivity index (χ0v) is 18.7. The zero-order valence-electron chi connectivity index (χ0n) is 17.9. The number of aromatic nitrogens is 1. The number of halogens is 3. The zero-order chi connectivity index (χ0) is 24.4. The van der Waals surface area contributed by atoms with Crippen molar-refractivity contribution in [3.05, 3.63) is 82.6 Å². The van der Waals surface area contributed by atoms with E-state index in [1.165, 1.54) is 48.7 Å². The molecule has 1 atom stereocenters. The van der Waals surface area contributed by atoms with E-state index in [4.69, 9.17) is 16.7 Å². The third-order valence-electron chi connectivity index (χ3n) is 5.86. The minimum Gasteiger partial charge on any atom is -0.478 e. The first kappa shape index (κ1) is 23.6. The van der Waals surface area contributed by atoms with Crippen molar-refractivity contribution in [2.45, 2.75) is 31.6 Å². The fraction of sp³-hybridized carbons (Fsp3) is 0.240. The Labute approximate surface area is 199 Å². The van der Waals surface area contributed by atoms with Gasteiger partial charge in [-0.15, -0.1) is 0 Å². The number of carbonyl (C=O) groups excluding carboxylic acids is 1. The molecule has 9 heteroatoms. The highest BCUT2D eigenvalue weighted by molar-refractivity contribution is 6.30. The van der Waals surface area contributed by atoms with E-state index in [9.17, 15) is 23.6 Å². The number of rotatable bonds is 8. The average molecular weight is 488 g/mol. The monoisotopic (exact) mass is 487 g/mol. The summed E-state index contributed by atoms with van der Waals surface area (Å²) in [4.78, 5) is 24.2. The molecule has 1 unspecified atom stereocenters. The molecule has 6 nitrogen and oxygen atoms in total. The quantitative estimate of drug-likeness (QED) is 0.281. The van der Waals surface area contributed by atoms with Crippen LogP contribution in [0.15, 0.2) is 60.8 Å². The van der Waals surface area contributed by atoms with Crippen molar-refractivity contribution < 1.29 is 33.4 Å². The molecular weight excluding hydrogens is 466 g/mol. The van der Waals surface area contributed by atoms with E-state index in [0.29, 0.717) is 29.3 Å². The molecule has 1 aliphatic carbocycles. The summed E-state index contributed by atoms with van der Waals surface area (Å²) in [5.41, 5.74) is 1.15. The van der Waals surface area contributed by atoms with E-state index < -0.39 is 18.3 Å². The van der Waals surface area contributed by atoms with Crippen LogP contribution in [0.4, 0.5) is 14.5 Å². The van der Waals surface area contributed by atoms with Gasteiger partial charge in [0.15, 0.2) is 0 Å². The topological polar surface area (TPSA) is 90.5 Å². The molecule has 34 heavy (non-hydrogen) atoms. The van der Waals surface area contributed by atoms with Gasteiger partial charge in [-0.3, -0.25) is 10.0 Å². The summed E-state index contributed by atoms with van der Waals surface area (Å²) in [6.07, 6.45) is 1.06. The van der Waals surface area contributed by atoms with Crippen molar-refractivity contribution in [3.63, 3.8) is 0 Å². The highest BCUT2D eigenvalue weighted by Gasteiger charge is 2.36. The maximum absolute atomic E-state index is 13.5. The van der Waals surface area contributed by atoms with Crippen LogP contribution in [0, 0.1) is 5.92 Å². The Balaban J connectivity index is 1.62. The highest BCUT2D eigenvalue weighted by Crippen LogP contribution is 2.39. The van der Waals surface area contributed by atoms with Gasteiger partial charge in [0.25, 0.3) is 6.43 Å². The van der Waals surface area contributed by atoms with Gasteiger partial charge < -0.3 is 10.4 Å². The van der Waals surface area contributed by atoms with Crippen molar-refractivity contribution >= 4 is 29.2 Å². The third kappa shape index (κ3) is 5.34. The minimum atomic E-state index is -2.72. The van der Waals surface area contributed by atoms with E-state index in [0.717, 1.165) is 17.6 Å². The average Bonchev–Trinajstić information content (AvgIpc) is 3.62. The molecule has 1 heterocycles. The maximum atomic E-state index is 13.5. The van der Waals surface area contributed by atoms with E-state index in [1.807, 2.05) is 0 Å². The van der Waals surface area contributed by atoms with Crippen molar-refractivity contribution in [1.29, 1.82) is 0 Å². The molecule has 0 saturated heterocycles. The Morgan fingerprint density at radius 3 is 2.38 bits per heavy atom. The van der Waals surface area contributed by atoms with Crippen molar-refractivity contribution in [3.8, 4) is 11.1 Å². The second-order valence-electron chi connectivity index (χ2n) is 8.32. The molecule has 0 radical (unpaired) electrons. The minimum absolute atomic E-state index is 0.0977. The molecule has 0 spiro atoms. The summed E-state index contributed by atoms with van der Waals surface area (Å²) in [5.74, 6) is -1.77. The van der Waals surface area contributed by atoms with Crippen molar-refractivity contribution in [2.75, 3.05) is 5.32 Å². The lowest BCUT2D eigenvalue weighted by molar-refractivity contribution is -0.909. The lowest BCUT2D eigenvalue weighted by Gasteiger charge is -2.15. The molecule has 1 aromatic heterocycles. The van der Waals surface area contributed by atoms with Crippen molar-refractivity contribution in [2.24, 2.45) is 5.92 Å². The molecule has 0 aliphatic heterocycles. The van der Waals surface area contributed by atoms with Crippen LogP contribution in [0.25, 0.3) is 11.1 Å². The van der Waals surface area contributed by atoms with Crippen LogP contribution >= 0.6 is 11.6 Å². The SMILES string of the molecule is O=C(O)c1ccc(NC(=O)C(CC2CC2)c2ccc(-c3cc(Cl)ccc3C(F)F)c[n+]2O)cc1. The lowest BCUT2D eigenvalue weighted by atomic mass is 9.94. The van der Waals surface area contributed by atoms with Gasteiger partial charge in [0.2, 0.25) is 17.8 Å². The number of carboxylic acids is 1. The summed E-state index contributed by atoms with van der Waals surface area (Å²) in [6, 6.07) is 12.9. The Morgan fingerprint density at radius 1 is 1.09 bits per heavy atom. The van der Waals surface area contributed by atoms with Crippen LogP contribution < -0.4 is 10.0 Å². The molecule has 2 aromatic carbocycles. The van der Waals surface area contributed by atoms with Gasteiger partial charge >= 0.3 is 5.97 Å². The van der Waals surface area contributed by atoms with Crippen LogP contribution in [0.2, 0.25) is 5.02 Å². The molecule has 3 N–H and O–H groups in total. The van der Waals surface area contributed by atoms with E-state index in [1.54, 1.807) is 12.1 Å². The first-order chi connectivity index (χ1) is 16.2. The first-order valence-electron chi connectivity index (χ1n) is 10.7. The Hall–Kier alpha value is -3.52. The van der Waals surface area contributed by atoms with Crippen LogP contribution in [-0.2, 0) is 4.79 Å². The number of nitrogens with zero attached hydrogens (tertiary/aromatic N) is 1. The second kappa shape index (κ2) is 9.77. The molecule has 0 bridgehead atoms. The van der Waals surface area contributed by atoms with Crippen LogP contribution in [0.3, 0.4) is 0 Å². The largest absolute Gasteiger partial charge is 0.478 e.